The van der Waals surface area contributed by atoms with E-state index in [9.17, 15) is 28.9 Å². The molecule has 3 aromatic carbocycles. The molecule has 0 bridgehead atoms. The highest BCUT2D eigenvalue weighted by Crippen LogP contribution is 2.31. The molecule has 1 aliphatic heterocycles. The molecule has 0 atom stereocenters. The fourth-order valence-corrected chi connectivity index (χ4v) is 3.32. The summed E-state index contributed by atoms with van der Waals surface area (Å²) in [6.07, 6.45) is 0. The minimum Gasteiger partial charge on any atom is -0.486 e. The number of anilines is 1. The summed E-state index contributed by atoms with van der Waals surface area (Å²) in [5, 5.41) is 13.0. The summed E-state index contributed by atoms with van der Waals surface area (Å²) in [5.41, 5.74) is -0.644. The number of nitro benzene ring substituents is 1. The SMILES string of the molecule is O=C(COC(=O)c1ccccc1C(=O)c1ccc2c(c1)OCCO2)Nc1cc([N+](=O)[O-])ccc1F. The van der Waals surface area contributed by atoms with Gasteiger partial charge in [0.05, 0.1) is 16.2 Å². The molecule has 0 unspecified atom stereocenters. The van der Waals surface area contributed by atoms with Crippen LogP contribution in [0.3, 0.4) is 0 Å². The lowest BCUT2D eigenvalue weighted by atomic mass is 9.98. The van der Waals surface area contributed by atoms with Crippen LogP contribution >= 0.6 is 0 Å². The molecular weight excluding hydrogens is 463 g/mol. The first-order valence-corrected chi connectivity index (χ1v) is 10.3. The van der Waals surface area contributed by atoms with Gasteiger partial charge in [0.2, 0.25) is 0 Å². The highest BCUT2D eigenvalue weighted by atomic mass is 19.1. The van der Waals surface area contributed by atoms with Crippen molar-refractivity contribution in [1.82, 2.24) is 0 Å². The van der Waals surface area contributed by atoms with Crippen molar-refractivity contribution in [3.8, 4) is 11.5 Å². The van der Waals surface area contributed by atoms with Gasteiger partial charge in [-0.25, -0.2) is 9.18 Å². The summed E-state index contributed by atoms with van der Waals surface area (Å²) in [4.78, 5) is 48.0. The third kappa shape index (κ3) is 5.24. The number of carbonyl (C=O) groups is 3. The molecule has 10 nitrogen and oxygen atoms in total. The Bertz CT molecular complexity index is 1340. The fraction of sp³-hybridized carbons (Fsp3) is 0.125. The molecule has 0 saturated heterocycles. The van der Waals surface area contributed by atoms with Crippen molar-refractivity contribution < 1.29 is 37.9 Å². The summed E-state index contributed by atoms with van der Waals surface area (Å²) >= 11 is 0. The van der Waals surface area contributed by atoms with Gasteiger partial charge in [0, 0.05) is 23.3 Å². The number of carbonyl (C=O) groups excluding carboxylic acids is 3. The van der Waals surface area contributed by atoms with E-state index in [1.807, 2.05) is 0 Å². The molecule has 35 heavy (non-hydrogen) atoms. The molecule has 11 heteroatoms. The number of ketones is 1. The minimum atomic E-state index is -0.957. The van der Waals surface area contributed by atoms with E-state index in [2.05, 4.69) is 5.32 Å². The second-order valence-electron chi connectivity index (χ2n) is 7.28. The van der Waals surface area contributed by atoms with Crippen molar-refractivity contribution in [2.24, 2.45) is 0 Å². The number of nitrogens with zero attached hydrogens (tertiary/aromatic N) is 1. The zero-order chi connectivity index (χ0) is 24.9. The van der Waals surface area contributed by atoms with Crippen molar-refractivity contribution in [1.29, 1.82) is 0 Å². The second-order valence-corrected chi connectivity index (χ2v) is 7.28. The van der Waals surface area contributed by atoms with Crippen LogP contribution in [-0.4, -0.2) is 42.4 Å². The summed E-state index contributed by atoms with van der Waals surface area (Å²) in [6, 6.07) is 13.2. The van der Waals surface area contributed by atoms with Crippen molar-refractivity contribution in [2.75, 3.05) is 25.1 Å². The van der Waals surface area contributed by atoms with E-state index < -0.39 is 46.4 Å². The zero-order valence-corrected chi connectivity index (χ0v) is 18.0. The van der Waals surface area contributed by atoms with Gasteiger partial charge in [0.25, 0.3) is 11.6 Å². The minimum absolute atomic E-state index is 0.0410. The van der Waals surface area contributed by atoms with Crippen LogP contribution in [0.4, 0.5) is 15.8 Å². The normalized spacial score (nSPS) is 11.9. The standard InChI is InChI=1S/C24H17FN2O8/c25-18-7-6-15(27(31)32)12-19(18)26-22(28)13-35-24(30)17-4-2-1-3-16(17)23(29)14-5-8-20-21(11-14)34-10-9-33-20/h1-8,11-12H,9-10,13H2,(H,26,28). The van der Waals surface area contributed by atoms with Crippen LogP contribution in [0, 0.1) is 15.9 Å². The molecular formula is C24H17FN2O8. The van der Waals surface area contributed by atoms with Crippen LogP contribution in [0.2, 0.25) is 0 Å². The van der Waals surface area contributed by atoms with E-state index in [4.69, 9.17) is 14.2 Å². The Hall–Kier alpha value is -4.80. The first kappa shape index (κ1) is 23.4. The average Bonchev–Trinajstić information content (AvgIpc) is 2.87. The van der Waals surface area contributed by atoms with E-state index in [0.29, 0.717) is 24.7 Å². The molecule has 0 saturated carbocycles. The quantitative estimate of drug-likeness (QED) is 0.235. The van der Waals surface area contributed by atoms with Crippen molar-refractivity contribution >= 4 is 29.0 Å². The Morgan fingerprint density at radius 3 is 2.43 bits per heavy atom. The predicted molar refractivity (Wildman–Crippen MR) is 119 cm³/mol. The number of non-ortho nitro benzene ring substituents is 1. The highest BCUT2D eigenvalue weighted by molar-refractivity contribution is 6.14. The lowest BCUT2D eigenvalue weighted by Crippen LogP contribution is -2.22. The van der Waals surface area contributed by atoms with Crippen LogP contribution in [-0.2, 0) is 9.53 Å². The maximum absolute atomic E-state index is 13.9. The number of ether oxygens (including phenoxy) is 3. The summed E-state index contributed by atoms with van der Waals surface area (Å²) < 4.78 is 29.8. The monoisotopic (exact) mass is 480 g/mol. The first-order chi connectivity index (χ1) is 16.8. The second kappa shape index (κ2) is 10.00. The van der Waals surface area contributed by atoms with Gasteiger partial charge >= 0.3 is 5.97 Å². The zero-order valence-electron chi connectivity index (χ0n) is 18.0. The molecule has 3 aromatic rings. The number of esters is 1. The molecule has 0 fully saturated rings. The number of benzene rings is 3. The van der Waals surface area contributed by atoms with Crippen molar-refractivity contribution in [2.45, 2.75) is 0 Å². The van der Waals surface area contributed by atoms with Crippen LogP contribution < -0.4 is 14.8 Å². The van der Waals surface area contributed by atoms with E-state index in [0.717, 1.165) is 18.2 Å². The molecule has 0 aliphatic carbocycles. The lowest BCUT2D eigenvalue weighted by Gasteiger charge is -2.18. The number of rotatable bonds is 7. The van der Waals surface area contributed by atoms with Gasteiger partial charge in [-0.15, -0.1) is 0 Å². The topological polar surface area (TPSA) is 134 Å². The Morgan fingerprint density at radius 2 is 1.69 bits per heavy atom. The molecule has 0 spiro atoms. The van der Waals surface area contributed by atoms with Crippen molar-refractivity contribution in [3.63, 3.8) is 0 Å². The Morgan fingerprint density at radius 1 is 0.971 bits per heavy atom. The van der Waals surface area contributed by atoms with E-state index in [1.165, 1.54) is 24.3 Å². The number of fused-ring (bicyclic) bond motifs is 1. The number of amides is 1. The van der Waals surface area contributed by atoms with Gasteiger partial charge in [0.15, 0.2) is 23.9 Å². The molecule has 1 amide bonds. The smallest absolute Gasteiger partial charge is 0.339 e. The molecule has 0 radical (unpaired) electrons. The van der Waals surface area contributed by atoms with Crippen LogP contribution in [0.5, 0.6) is 11.5 Å². The van der Waals surface area contributed by atoms with Gasteiger partial charge in [-0.2, -0.15) is 0 Å². The maximum atomic E-state index is 13.9. The summed E-state index contributed by atoms with van der Waals surface area (Å²) in [5.74, 6) is -2.34. The molecule has 0 aromatic heterocycles. The highest BCUT2D eigenvalue weighted by Gasteiger charge is 2.22. The van der Waals surface area contributed by atoms with Gasteiger partial charge in [-0.3, -0.25) is 19.7 Å². The van der Waals surface area contributed by atoms with E-state index in [1.54, 1.807) is 18.2 Å². The Kier molecular flexibility index (Phi) is 6.67. The number of hydrogen-bond donors (Lipinski definition) is 1. The van der Waals surface area contributed by atoms with Gasteiger partial charge in [-0.1, -0.05) is 18.2 Å². The first-order valence-electron chi connectivity index (χ1n) is 10.3. The number of nitrogens with one attached hydrogen (secondary N) is 1. The van der Waals surface area contributed by atoms with Gasteiger partial charge in [0.1, 0.15) is 19.0 Å². The largest absolute Gasteiger partial charge is 0.486 e. The third-order valence-corrected chi connectivity index (χ3v) is 4.97. The fourth-order valence-electron chi connectivity index (χ4n) is 3.32. The maximum Gasteiger partial charge on any atom is 0.339 e. The molecule has 1 aliphatic rings. The molecule has 1 N–H and O–H groups in total. The number of nitro groups is 1. The lowest BCUT2D eigenvalue weighted by molar-refractivity contribution is -0.384. The van der Waals surface area contributed by atoms with Gasteiger partial charge < -0.3 is 19.5 Å². The average molecular weight is 480 g/mol. The number of hydrogen-bond acceptors (Lipinski definition) is 8. The van der Waals surface area contributed by atoms with Crippen LogP contribution in [0.25, 0.3) is 0 Å². The van der Waals surface area contributed by atoms with Crippen molar-refractivity contribution in [3.05, 3.63) is 93.3 Å². The van der Waals surface area contributed by atoms with E-state index >= 15 is 0 Å². The van der Waals surface area contributed by atoms with Gasteiger partial charge in [-0.05, 0) is 30.3 Å². The Labute approximate surface area is 197 Å². The van der Waals surface area contributed by atoms with Crippen LogP contribution in [0.15, 0.2) is 60.7 Å². The Balaban J connectivity index is 1.46. The third-order valence-electron chi connectivity index (χ3n) is 4.97. The van der Waals surface area contributed by atoms with Crippen LogP contribution in [0.1, 0.15) is 26.3 Å². The summed E-state index contributed by atoms with van der Waals surface area (Å²) in [6.45, 7) is -0.0697. The van der Waals surface area contributed by atoms with E-state index in [-0.39, 0.29) is 16.7 Å². The molecule has 4 rings (SSSR count). The predicted octanol–water partition coefficient (Wildman–Crippen LogP) is 3.53. The molecule has 1 heterocycles. The molecule has 178 valence electrons. The summed E-state index contributed by atoms with van der Waals surface area (Å²) in [7, 11) is 0. The number of halogens is 1.